The molecule has 0 radical (unpaired) electrons. The SMILES string of the molecule is CC(C)(C)c1ccc(N2c3cc(-n4c5c(c6ccccc64)/C=C\C/C=C\C5)ccc3B3c4ccc(-n5c6ccccc6c6ccncc65)cc4N(c4ccc(C(C)(C)C)cc4-c4ccccc4)c4cc(-c5cccc6c5oc5ccc7oc8ccccc8c7c56)cc2c43)c(-c2ccccc2)c1. The predicted molar refractivity (Wildman–Crippen MR) is 424 cm³/mol. The van der Waals surface area contributed by atoms with Crippen molar-refractivity contribution in [2.24, 2.45) is 0 Å². The number of hydrogen-bond acceptors (Lipinski definition) is 5. The van der Waals surface area contributed by atoms with Gasteiger partial charge in [0.1, 0.15) is 22.3 Å². The van der Waals surface area contributed by atoms with Crippen LogP contribution >= 0.6 is 0 Å². The summed E-state index contributed by atoms with van der Waals surface area (Å²) in [5.74, 6) is 0. The van der Waals surface area contributed by atoms with Crippen LogP contribution in [-0.2, 0) is 17.3 Å². The van der Waals surface area contributed by atoms with E-state index >= 15 is 0 Å². The van der Waals surface area contributed by atoms with Crippen LogP contribution in [0.3, 0.4) is 0 Å². The normalized spacial score (nSPS) is 14.3. The van der Waals surface area contributed by atoms with Crippen LogP contribution in [0.2, 0.25) is 0 Å². The molecule has 20 rings (SSSR count). The number of furan rings is 2. The molecule has 101 heavy (non-hydrogen) atoms. The summed E-state index contributed by atoms with van der Waals surface area (Å²) in [6, 6.07) is 95.4. The van der Waals surface area contributed by atoms with Crippen LogP contribution < -0.4 is 26.2 Å². The quantitative estimate of drug-likeness (QED) is 0.118. The summed E-state index contributed by atoms with van der Waals surface area (Å²) in [4.78, 5) is 10.1. The maximum absolute atomic E-state index is 7.39. The van der Waals surface area contributed by atoms with Crippen LogP contribution in [0.15, 0.2) is 294 Å². The summed E-state index contributed by atoms with van der Waals surface area (Å²) in [6.45, 7) is 13.7. The topological polar surface area (TPSA) is 55.5 Å². The monoisotopic (exact) mass is 1300 g/mol. The fourth-order valence-corrected chi connectivity index (χ4v) is 17.0. The van der Waals surface area contributed by atoms with E-state index in [1.807, 2.05) is 18.5 Å². The number of pyridine rings is 1. The van der Waals surface area contributed by atoms with Crippen LogP contribution in [0.5, 0.6) is 0 Å². The molecule has 482 valence electrons. The minimum absolute atomic E-state index is 0.147. The third-order valence-corrected chi connectivity index (χ3v) is 21.8. The van der Waals surface area contributed by atoms with Gasteiger partial charge in [-0.3, -0.25) is 4.98 Å². The van der Waals surface area contributed by atoms with Gasteiger partial charge in [-0.1, -0.05) is 224 Å². The molecule has 0 spiro atoms. The van der Waals surface area contributed by atoms with E-state index in [9.17, 15) is 0 Å². The Bertz CT molecular complexity index is 6330. The zero-order chi connectivity index (χ0) is 67.6. The molecule has 8 heteroatoms. The first-order valence-electron chi connectivity index (χ1n) is 35.4. The van der Waals surface area contributed by atoms with Crippen LogP contribution in [0.1, 0.15) is 70.3 Å². The molecule has 0 unspecified atom stereocenters. The zero-order valence-electron chi connectivity index (χ0n) is 57.3. The van der Waals surface area contributed by atoms with Crippen molar-refractivity contribution in [2.75, 3.05) is 9.80 Å². The van der Waals surface area contributed by atoms with Crippen molar-refractivity contribution in [1.29, 1.82) is 0 Å². The molecule has 12 aromatic carbocycles. The summed E-state index contributed by atoms with van der Waals surface area (Å²) >= 11 is 0. The number of fused-ring (bicyclic) bond motifs is 17. The number of hydrogen-bond donors (Lipinski definition) is 0. The number of aromatic nitrogens is 3. The summed E-state index contributed by atoms with van der Waals surface area (Å²) in [5.41, 5.74) is 30.3. The second-order valence-electron chi connectivity index (χ2n) is 29.7. The highest BCUT2D eigenvalue weighted by Gasteiger charge is 2.45. The molecule has 0 saturated carbocycles. The molecule has 0 atom stereocenters. The van der Waals surface area contributed by atoms with Crippen LogP contribution in [0.4, 0.5) is 34.1 Å². The number of benzene rings is 12. The van der Waals surface area contributed by atoms with Gasteiger partial charge in [0.25, 0.3) is 6.71 Å². The van der Waals surface area contributed by atoms with Gasteiger partial charge in [-0.15, -0.1) is 0 Å². The van der Waals surface area contributed by atoms with E-state index < -0.39 is 0 Å². The Kier molecular flexibility index (Phi) is 13.0. The number of nitrogens with zero attached hydrogens (tertiary/aromatic N) is 5. The Balaban J connectivity index is 0.953. The van der Waals surface area contributed by atoms with Crippen molar-refractivity contribution >= 4 is 140 Å². The average Bonchev–Trinajstić information content (AvgIpc) is 1.11. The minimum Gasteiger partial charge on any atom is -0.456 e. The lowest BCUT2D eigenvalue weighted by atomic mass is 9.33. The van der Waals surface area contributed by atoms with E-state index in [1.54, 1.807) is 0 Å². The third-order valence-electron chi connectivity index (χ3n) is 21.8. The van der Waals surface area contributed by atoms with Gasteiger partial charge in [0, 0.05) is 112 Å². The van der Waals surface area contributed by atoms with Gasteiger partial charge >= 0.3 is 0 Å². The van der Waals surface area contributed by atoms with Crippen molar-refractivity contribution in [3.05, 3.63) is 308 Å². The first-order valence-corrected chi connectivity index (χ1v) is 35.4. The second-order valence-corrected chi connectivity index (χ2v) is 29.7. The summed E-state index contributed by atoms with van der Waals surface area (Å²) in [7, 11) is 0. The summed E-state index contributed by atoms with van der Waals surface area (Å²) < 4.78 is 19.0. The largest absolute Gasteiger partial charge is 0.456 e. The standard InChI is InChI=1S/C93H70BN5O2/c1-92(2,3)60-38-44-78(71(52-60)57-24-11-9-12-25-57)98-80-54-62(96-75-34-16-8-7-15-28-65(75)66-29-17-20-35-76(66)96)40-42-73(80)94-74-43-41-63(97-77-36-21-18-30-67(77)68-48-49-95-56-84(68)97)55-81(74)99(79-45-39-61(93(4,5)6)53-72(79)58-26-13-10-14-27-58)83-51-59(50-82(98)90(83)94)64-32-23-33-70-89-87(101-91(64)70)47-46-86-88(89)69-31-19-22-37-85(69)100-86/h8-33,35-56H,7,34H2,1-6H3/b16-8-,28-15-. The smallest absolute Gasteiger partial charge is 0.252 e. The summed E-state index contributed by atoms with van der Waals surface area (Å²) in [5, 5.41) is 7.79. The second kappa shape index (κ2) is 22.2. The lowest BCUT2D eigenvalue weighted by Crippen LogP contribution is -2.61. The average molecular weight is 1300 g/mol. The van der Waals surface area contributed by atoms with Crippen LogP contribution in [-0.4, -0.2) is 20.8 Å². The van der Waals surface area contributed by atoms with E-state index in [-0.39, 0.29) is 17.5 Å². The Morgan fingerprint density at radius 2 is 0.941 bits per heavy atom. The first kappa shape index (κ1) is 59.0. The molecule has 5 aromatic heterocycles. The van der Waals surface area contributed by atoms with Crippen molar-refractivity contribution in [1.82, 2.24) is 14.1 Å². The van der Waals surface area contributed by atoms with Crippen molar-refractivity contribution in [3.8, 4) is 44.8 Å². The molecule has 0 amide bonds. The maximum Gasteiger partial charge on any atom is 0.252 e. The Morgan fingerprint density at radius 3 is 1.59 bits per heavy atom. The van der Waals surface area contributed by atoms with Gasteiger partial charge < -0.3 is 27.8 Å². The molecule has 0 bridgehead atoms. The fraction of sp³-hybridized carbons (Fsp3) is 0.108. The molecular formula is C93H70BN5O2. The molecule has 0 fully saturated rings. The molecule has 1 aliphatic carbocycles. The molecule has 17 aromatic rings. The molecule has 3 aliphatic rings. The molecule has 7 nitrogen and oxygen atoms in total. The summed E-state index contributed by atoms with van der Waals surface area (Å²) in [6.07, 6.45) is 14.9. The van der Waals surface area contributed by atoms with E-state index in [0.29, 0.717) is 0 Å². The Hall–Kier alpha value is -12.1. The predicted octanol–water partition coefficient (Wildman–Crippen LogP) is 23.1. The van der Waals surface area contributed by atoms with E-state index in [1.165, 1.54) is 55.1 Å². The van der Waals surface area contributed by atoms with Crippen LogP contribution in [0.25, 0.3) is 127 Å². The molecule has 0 N–H and O–H groups in total. The molecular weight excluding hydrogens is 1230 g/mol. The highest BCUT2D eigenvalue weighted by molar-refractivity contribution is 7.00. The zero-order valence-corrected chi connectivity index (χ0v) is 57.3. The lowest BCUT2D eigenvalue weighted by Gasteiger charge is -2.45. The van der Waals surface area contributed by atoms with E-state index in [2.05, 4.69) is 334 Å². The first-order chi connectivity index (χ1) is 49.4. The molecule has 2 aliphatic heterocycles. The number of anilines is 6. The molecule has 7 heterocycles. The van der Waals surface area contributed by atoms with E-state index in [4.69, 9.17) is 13.8 Å². The Labute approximate surface area is 586 Å². The maximum atomic E-state index is 7.39. The van der Waals surface area contributed by atoms with Crippen molar-refractivity contribution in [2.45, 2.75) is 65.2 Å². The minimum atomic E-state index is -0.255. The van der Waals surface area contributed by atoms with Gasteiger partial charge in [-0.05, 0) is 159 Å². The number of rotatable bonds is 7. The van der Waals surface area contributed by atoms with Gasteiger partial charge in [0.15, 0.2) is 0 Å². The van der Waals surface area contributed by atoms with Gasteiger partial charge in [0.05, 0.1) is 34.1 Å². The fourth-order valence-electron chi connectivity index (χ4n) is 17.0. The van der Waals surface area contributed by atoms with Gasteiger partial charge in [-0.25, -0.2) is 0 Å². The third kappa shape index (κ3) is 9.03. The highest BCUT2D eigenvalue weighted by Crippen LogP contribution is 2.53. The number of allylic oxidation sites excluding steroid dienone is 3. The van der Waals surface area contributed by atoms with Crippen molar-refractivity contribution in [3.63, 3.8) is 0 Å². The number of para-hydroxylation sites is 4. The Morgan fingerprint density at radius 1 is 0.386 bits per heavy atom. The van der Waals surface area contributed by atoms with Gasteiger partial charge in [-0.2, -0.15) is 0 Å². The van der Waals surface area contributed by atoms with Gasteiger partial charge in [0.2, 0.25) is 0 Å². The van der Waals surface area contributed by atoms with E-state index in [0.717, 1.165) is 152 Å². The van der Waals surface area contributed by atoms with Crippen molar-refractivity contribution < 1.29 is 8.83 Å². The molecule has 0 saturated heterocycles. The lowest BCUT2D eigenvalue weighted by molar-refractivity contribution is 0.590. The highest BCUT2D eigenvalue weighted by atomic mass is 16.3. The van der Waals surface area contributed by atoms with Crippen LogP contribution in [0, 0.1) is 0 Å².